The minimum Gasteiger partial charge on any atom is -0.497 e. The van der Waals surface area contributed by atoms with Crippen LogP contribution >= 0.6 is 15.9 Å². The highest BCUT2D eigenvalue weighted by Crippen LogP contribution is 2.43. The molecule has 1 heterocycles. The number of benzene rings is 5. The fourth-order valence-electron chi connectivity index (χ4n) is 5.97. The number of aliphatic hydroxyl groups is 1. The van der Waals surface area contributed by atoms with Gasteiger partial charge in [0.25, 0.3) is 0 Å². The van der Waals surface area contributed by atoms with E-state index in [-0.39, 0.29) is 19.8 Å². The molecule has 1 aliphatic heterocycles. The van der Waals surface area contributed by atoms with E-state index in [0.717, 1.165) is 22.3 Å². The van der Waals surface area contributed by atoms with E-state index in [2.05, 4.69) is 15.9 Å². The van der Waals surface area contributed by atoms with Crippen LogP contribution in [0.3, 0.4) is 0 Å². The van der Waals surface area contributed by atoms with Crippen molar-refractivity contribution < 1.29 is 33.5 Å². The summed E-state index contributed by atoms with van der Waals surface area (Å²) in [5.74, 6) is -1.44. The van der Waals surface area contributed by atoms with E-state index in [4.69, 9.17) is 28.4 Å². The van der Waals surface area contributed by atoms with Crippen LogP contribution in [0.4, 0.5) is 0 Å². The lowest BCUT2D eigenvalue weighted by molar-refractivity contribution is -0.378. The van der Waals surface area contributed by atoms with Gasteiger partial charge in [0.05, 0.1) is 40.1 Å². The topological polar surface area (TPSA) is 75.6 Å². The molecule has 5 aromatic carbocycles. The summed E-state index contributed by atoms with van der Waals surface area (Å²) in [6, 6.07) is 45.0. The predicted octanol–water partition coefficient (Wildman–Crippen LogP) is 7.97. The van der Waals surface area contributed by atoms with E-state index in [0.29, 0.717) is 29.0 Å². The van der Waals surface area contributed by atoms with Gasteiger partial charge < -0.3 is 33.5 Å². The minimum absolute atomic E-state index is 0.123. The van der Waals surface area contributed by atoms with Crippen LogP contribution < -0.4 is 4.74 Å². The summed E-state index contributed by atoms with van der Waals surface area (Å²) in [5.41, 5.74) is 4.37. The molecule has 5 aromatic rings. The lowest BCUT2D eigenvalue weighted by Gasteiger charge is -2.50. The summed E-state index contributed by atoms with van der Waals surface area (Å²) >= 11 is 3.59. The molecule has 0 radical (unpaired) electrons. The first kappa shape index (κ1) is 35.0. The molecule has 1 unspecified atom stereocenters. The number of rotatable bonds is 15. The third-order valence-electron chi connectivity index (χ3n) is 8.46. The van der Waals surface area contributed by atoms with Gasteiger partial charge in [0.15, 0.2) is 0 Å². The van der Waals surface area contributed by atoms with Crippen molar-refractivity contribution in [2.75, 3.05) is 13.7 Å². The summed E-state index contributed by atoms with van der Waals surface area (Å²) in [6.45, 7) is 1.24. The molecule has 0 bridgehead atoms. The zero-order valence-electron chi connectivity index (χ0n) is 27.4. The van der Waals surface area contributed by atoms with Crippen LogP contribution in [-0.2, 0) is 55.9 Å². The number of methoxy groups -OCH3 is 1. The van der Waals surface area contributed by atoms with Crippen molar-refractivity contribution in [1.82, 2.24) is 0 Å². The smallest absolute Gasteiger partial charge is 0.222 e. The number of hydrogen-bond acceptors (Lipinski definition) is 7. The maximum Gasteiger partial charge on any atom is 0.222 e. The molecule has 7 nitrogen and oxygen atoms in total. The van der Waals surface area contributed by atoms with Crippen molar-refractivity contribution in [3.8, 4) is 5.75 Å². The van der Waals surface area contributed by atoms with Crippen LogP contribution in [0.1, 0.15) is 27.8 Å². The first-order valence-electron chi connectivity index (χ1n) is 16.4. The second-order valence-electron chi connectivity index (χ2n) is 12.0. The number of ether oxygens (including phenoxy) is 6. The van der Waals surface area contributed by atoms with Crippen LogP contribution in [0.5, 0.6) is 5.75 Å². The summed E-state index contributed by atoms with van der Waals surface area (Å²) < 4.78 is 39.5. The maximum absolute atomic E-state index is 12.9. The molecule has 8 heteroatoms. The van der Waals surface area contributed by atoms with Crippen LogP contribution in [0.2, 0.25) is 0 Å². The molecule has 1 aliphatic rings. The van der Waals surface area contributed by atoms with Crippen LogP contribution in [0.25, 0.3) is 0 Å². The average Bonchev–Trinajstić information content (AvgIpc) is 3.14. The molecule has 5 atom stereocenters. The van der Waals surface area contributed by atoms with E-state index >= 15 is 0 Å². The van der Waals surface area contributed by atoms with E-state index in [9.17, 15) is 5.11 Å². The third kappa shape index (κ3) is 9.23. The van der Waals surface area contributed by atoms with Gasteiger partial charge >= 0.3 is 0 Å². The van der Waals surface area contributed by atoms with Gasteiger partial charge in [-0.1, -0.05) is 137 Å². The molecule has 254 valence electrons. The first-order valence-corrected chi connectivity index (χ1v) is 17.1. The molecule has 1 N–H and O–H groups in total. The van der Waals surface area contributed by atoms with Gasteiger partial charge in [0.2, 0.25) is 5.79 Å². The summed E-state index contributed by atoms with van der Waals surface area (Å²) in [7, 11) is 1.58. The predicted molar refractivity (Wildman–Crippen MR) is 191 cm³/mol. The molecule has 0 spiro atoms. The molecular formula is C41H41BrO7. The normalized spacial score (nSPS) is 22.1. The Morgan fingerprint density at radius 2 is 1.08 bits per heavy atom. The van der Waals surface area contributed by atoms with Gasteiger partial charge in [-0.3, -0.25) is 0 Å². The molecule has 0 aromatic heterocycles. The van der Waals surface area contributed by atoms with Crippen molar-refractivity contribution in [3.63, 3.8) is 0 Å². The fourth-order valence-corrected chi connectivity index (χ4v) is 6.45. The molecule has 49 heavy (non-hydrogen) atoms. The largest absolute Gasteiger partial charge is 0.497 e. The lowest BCUT2D eigenvalue weighted by atomic mass is 9.87. The van der Waals surface area contributed by atoms with Crippen LogP contribution in [-0.4, -0.2) is 43.2 Å². The molecule has 0 aliphatic carbocycles. The minimum atomic E-state index is -1.99. The SMILES string of the molecule is COc1cc(Br)cc(C2(O)O[C@H](COCc3ccccc3)[C@@H](OCc3ccccc3)[C@H](OCc3ccccc3)[C@H]2OCc2ccccc2)c1. The Bertz CT molecular complexity index is 1710. The zero-order valence-corrected chi connectivity index (χ0v) is 29.0. The first-order chi connectivity index (χ1) is 24.0. The lowest BCUT2D eigenvalue weighted by Crippen LogP contribution is -2.65. The molecular weight excluding hydrogens is 684 g/mol. The van der Waals surface area contributed by atoms with Gasteiger partial charge in [-0.15, -0.1) is 0 Å². The van der Waals surface area contributed by atoms with Crippen LogP contribution in [0, 0.1) is 0 Å². The molecule has 0 amide bonds. The standard InChI is InChI=1S/C41H41BrO7/c1-44-36-23-34(22-35(42)24-36)41(43)40(48-28-33-20-12-5-13-21-33)39(47-27-32-18-10-4-11-19-32)38(46-26-31-16-8-3-9-17-31)37(49-41)29-45-25-30-14-6-2-7-15-30/h2-24,37-40,43H,25-29H2,1H3/t37-,38-,39+,40-,41?/m1/s1. The number of halogens is 1. The van der Waals surface area contributed by atoms with Crippen molar-refractivity contribution in [1.29, 1.82) is 0 Å². The molecule has 1 saturated heterocycles. The van der Waals surface area contributed by atoms with E-state index in [1.54, 1.807) is 13.2 Å². The van der Waals surface area contributed by atoms with E-state index < -0.39 is 30.2 Å². The Morgan fingerprint density at radius 1 is 0.612 bits per heavy atom. The maximum atomic E-state index is 12.9. The third-order valence-corrected chi connectivity index (χ3v) is 8.92. The van der Waals surface area contributed by atoms with Crippen molar-refractivity contribution in [2.24, 2.45) is 0 Å². The monoisotopic (exact) mass is 724 g/mol. The molecule has 6 rings (SSSR count). The highest BCUT2D eigenvalue weighted by Gasteiger charge is 2.57. The highest BCUT2D eigenvalue weighted by molar-refractivity contribution is 9.10. The van der Waals surface area contributed by atoms with E-state index in [1.807, 2.05) is 133 Å². The second kappa shape index (κ2) is 17.2. The van der Waals surface area contributed by atoms with E-state index in [1.165, 1.54) is 0 Å². The number of hydrogen-bond donors (Lipinski definition) is 1. The fraction of sp³-hybridized carbons (Fsp3) is 0.268. The van der Waals surface area contributed by atoms with Gasteiger partial charge in [0, 0.05) is 10.0 Å². The Labute approximate surface area is 296 Å². The quantitative estimate of drug-likeness (QED) is 0.117. The summed E-state index contributed by atoms with van der Waals surface area (Å²) in [4.78, 5) is 0. The van der Waals surface area contributed by atoms with Crippen molar-refractivity contribution in [2.45, 2.75) is 56.6 Å². The second-order valence-corrected chi connectivity index (χ2v) is 12.9. The van der Waals surface area contributed by atoms with Gasteiger partial charge in [0.1, 0.15) is 30.2 Å². The van der Waals surface area contributed by atoms with Crippen molar-refractivity contribution >= 4 is 15.9 Å². The summed E-state index contributed by atoms with van der Waals surface area (Å²) in [6.07, 6.45) is -3.25. The summed E-state index contributed by atoms with van der Waals surface area (Å²) in [5, 5.41) is 12.9. The van der Waals surface area contributed by atoms with Crippen molar-refractivity contribution in [3.05, 3.63) is 172 Å². The van der Waals surface area contributed by atoms with Gasteiger partial charge in [-0.25, -0.2) is 0 Å². The molecule has 0 saturated carbocycles. The van der Waals surface area contributed by atoms with Gasteiger partial charge in [-0.05, 0) is 40.5 Å². The highest BCUT2D eigenvalue weighted by atomic mass is 79.9. The van der Waals surface area contributed by atoms with Gasteiger partial charge in [-0.2, -0.15) is 0 Å². The average molecular weight is 726 g/mol. The Balaban J connectivity index is 1.40. The molecule has 1 fully saturated rings. The Morgan fingerprint density at radius 3 is 1.59 bits per heavy atom. The van der Waals surface area contributed by atoms with Crippen LogP contribution in [0.15, 0.2) is 144 Å². The Kier molecular flexibility index (Phi) is 12.3. The Hall–Kier alpha value is -3.86. The zero-order chi connectivity index (χ0) is 33.9.